The molecule has 0 atom stereocenters. The van der Waals surface area contributed by atoms with Crippen molar-refractivity contribution < 1.29 is 21.9 Å². The van der Waals surface area contributed by atoms with Gasteiger partial charge in [-0.2, -0.15) is 8.78 Å². The van der Waals surface area contributed by atoms with Gasteiger partial charge in [-0.15, -0.1) is 0 Å². The summed E-state index contributed by atoms with van der Waals surface area (Å²) >= 11 is 0. The number of halogens is 3. The van der Waals surface area contributed by atoms with Crippen LogP contribution < -0.4 is 4.74 Å². The van der Waals surface area contributed by atoms with E-state index in [0.717, 1.165) is 18.3 Å². The van der Waals surface area contributed by atoms with Crippen molar-refractivity contribution in [1.29, 1.82) is 0 Å². The molecule has 1 aromatic heterocycles. The van der Waals surface area contributed by atoms with Gasteiger partial charge in [0.2, 0.25) is 5.88 Å². The zero-order valence-electron chi connectivity index (χ0n) is 6.52. The summed E-state index contributed by atoms with van der Waals surface area (Å²) in [7, 11) is 1.08. The van der Waals surface area contributed by atoms with Crippen LogP contribution in [0.1, 0.15) is 0 Å². The third-order valence-electron chi connectivity index (χ3n) is 1.20. The standard InChI is InChI=1S/C6H4ClF2NO3S/c7-14(11,12)4-1-2-5(10-3-4)13-6(8)9/h1-3,6H. The molecule has 0 fully saturated rings. The van der Waals surface area contributed by atoms with Crippen molar-refractivity contribution >= 4 is 19.7 Å². The predicted molar refractivity (Wildman–Crippen MR) is 43.9 cm³/mol. The molecular formula is C6H4ClF2NO3S. The second-order valence-corrected chi connectivity index (χ2v) is 4.71. The largest absolute Gasteiger partial charge is 0.417 e. The number of alkyl halides is 2. The minimum absolute atomic E-state index is 0.277. The maximum absolute atomic E-state index is 11.6. The molecule has 1 heterocycles. The number of rotatable bonds is 3. The first-order valence-corrected chi connectivity index (χ1v) is 5.56. The summed E-state index contributed by atoms with van der Waals surface area (Å²) in [5, 5.41) is 0. The van der Waals surface area contributed by atoms with Crippen LogP contribution in [0.2, 0.25) is 0 Å². The van der Waals surface area contributed by atoms with Gasteiger partial charge in [-0.05, 0) is 6.07 Å². The van der Waals surface area contributed by atoms with Gasteiger partial charge in [0.15, 0.2) is 0 Å². The maximum atomic E-state index is 11.6. The van der Waals surface area contributed by atoms with E-state index in [-0.39, 0.29) is 10.8 Å². The molecule has 0 amide bonds. The first kappa shape index (κ1) is 11.1. The molecule has 0 saturated carbocycles. The van der Waals surface area contributed by atoms with Crippen LogP contribution in [0.15, 0.2) is 23.2 Å². The summed E-state index contributed by atoms with van der Waals surface area (Å²) in [6.45, 7) is -3.00. The molecule has 0 bridgehead atoms. The zero-order valence-corrected chi connectivity index (χ0v) is 8.10. The number of ether oxygens (including phenoxy) is 1. The molecule has 0 radical (unpaired) electrons. The van der Waals surface area contributed by atoms with Gasteiger partial charge >= 0.3 is 6.61 Å². The molecule has 0 spiro atoms. The van der Waals surface area contributed by atoms with Crippen molar-refractivity contribution in [3.8, 4) is 5.88 Å². The van der Waals surface area contributed by atoms with Gasteiger partial charge in [0.1, 0.15) is 4.90 Å². The Kier molecular flexibility index (Phi) is 3.22. The lowest BCUT2D eigenvalue weighted by molar-refractivity contribution is -0.0529. The first-order chi connectivity index (χ1) is 6.39. The number of hydrogen-bond donors (Lipinski definition) is 0. The van der Waals surface area contributed by atoms with E-state index in [1.165, 1.54) is 0 Å². The van der Waals surface area contributed by atoms with Crippen LogP contribution in [-0.2, 0) is 9.05 Å². The number of nitrogens with zero attached hydrogens (tertiary/aromatic N) is 1. The fraction of sp³-hybridized carbons (Fsp3) is 0.167. The summed E-state index contributed by atoms with van der Waals surface area (Å²) in [6.07, 6.45) is 0.833. The third-order valence-corrected chi connectivity index (χ3v) is 2.54. The summed E-state index contributed by atoms with van der Waals surface area (Å²) < 4.78 is 48.6. The van der Waals surface area contributed by atoms with E-state index in [1.54, 1.807) is 0 Å². The van der Waals surface area contributed by atoms with Crippen LogP contribution in [0.25, 0.3) is 0 Å². The van der Waals surface area contributed by atoms with Crippen molar-refractivity contribution in [1.82, 2.24) is 4.98 Å². The molecule has 0 unspecified atom stereocenters. The molecule has 0 aromatic carbocycles. The Labute approximate surface area is 82.9 Å². The fourth-order valence-electron chi connectivity index (χ4n) is 0.672. The van der Waals surface area contributed by atoms with Gasteiger partial charge in [0.25, 0.3) is 9.05 Å². The van der Waals surface area contributed by atoms with Crippen LogP contribution in [0.3, 0.4) is 0 Å². The Bertz CT molecular complexity index is 406. The molecule has 1 aromatic rings. The average Bonchev–Trinajstić information content (AvgIpc) is 2.02. The Morgan fingerprint density at radius 3 is 2.43 bits per heavy atom. The van der Waals surface area contributed by atoms with Crippen LogP contribution in [0, 0.1) is 0 Å². The van der Waals surface area contributed by atoms with E-state index in [9.17, 15) is 17.2 Å². The molecule has 1 rings (SSSR count). The van der Waals surface area contributed by atoms with Gasteiger partial charge in [-0.1, -0.05) is 0 Å². The lowest BCUT2D eigenvalue weighted by Crippen LogP contribution is -2.03. The Hall–Kier alpha value is -0.950. The van der Waals surface area contributed by atoms with Crippen molar-refractivity contribution in [2.75, 3.05) is 0 Å². The summed E-state index contributed by atoms with van der Waals surface area (Å²) in [5.74, 6) is -0.371. The monoisotopic (exact) mass is 243 g/mol. The Balaban J connectivity index is 2.90. The molecule has 0 aliphatic rings. The molecule has 0 aliphatic carbocycles. The van der Waals surface area contributed by atoms with E-state index in [4.69, 9.17) is 10.7 Å². The summed E-state index contributed by atoms with van der Waals surface area (Å²) in [6, 6.07) is 2.01. The van der Waals surface area contributed by atoms with Crippen LogP contribution in [0.5, 0.6) is 5.88 Å². The highest BCUT2D eigenvalue weighted by Crippen LogP contribution is 2.17. The predicted octanol–water partition coefficient (Wildman–Crippen LogP) is 1.61. The Morgan fingerprint density at radius 2 is 2.07 bits per heavy atom. The summed E-state index contributed by atoms with van der Waals surface area (Å²) in [5.41, 5.74) is 0. The lowest BCUT2D eigenvalue weighted by atomic mass is 10.5. The molecule has 8 heteroatoms. The highest BCUT2D eigenvalue weighted by molar-refractivity contribution is 8.13. The van der Waals surface area contributed by atoms with Gasteiger partial charge in [0.05, 0.1) is 6.20 Å². The number of hydrogen-bond acceptors (Lipinski definition) is 4. The molecule has 0 N–H and O–H groups in total. The second-order valence-electron chi connectivity index (χ2n) is 2.15. The van der Waals surface area contributed by atoms with Crippen molar-refractivity contribution in [2.24, 2.45) is 0 Å². The van der Waals surface area contributed by atoms with E-state index in [1.807, 2.05) is 0 Å². The highest BCUT2D eigenvalue weighted by Gasteiger charge is 2.11. The fourth-order valence-corrected chi connectivity index (χ4v) is 1.35. The SMILES string of the molecule is O=S(=O)(Cl)c1ccc(OC(F)F)nc1. The molecule has 0 saturated heterocycles. The third kappa shape index (κ3) is 3.08. The topological polar surface area (TPSA) is 56.3 Å². The minimum atomic E-state index is -3.88. The van der Waals surface area contributed by atoms with Crippen LogP contribution in [-0.4, -0.2) is 20.0 Å². The normalized spacial score (nSPS) is 11.7. The first-order valence-electron chi connectivity index (χ1n) is 3.25. The molecule has 0 aliphatic heterocycles. The lowest BCUT2D eigenvalue weighted by Gasteiger charge is -2.02. The Morgan fingerprint density at radius 1 is 1.43 bits per heavy atom. The number of pyridine rings is 1. The molecular weight excluding hydrogens is 240 g/mol. The van der Waals surface area contributed by atoms with Crippen LogP contribution >= 0.6 is 10.7 Å². The van der Waals surface area contributed by atoms with E-state index in [2.05, 4.69) is 9.72 Å². The van der Waals surface area contributed by atoms with E-state index in [0.29, 0.717) is 0 Å². The minimum Gasteiger partial charge on any atom is -0.417 e. The zero-order chi connectivity index (χ0) is 10.8. The van der Waals surface area contributed by atoms with E-state index >= 15 is 0 Å². The van der Waals surface area contributed by atoms with Crippen molar-refractivity contribution in [3.05, 3.63) is 18.3 Å². The van der Waals surface area contributed by atoms with Gasteiger partial charge in [-0.25, -0.2) is 13.4 Å². The van der Waals surface area contributed by atoms with Crippen molar-refractivity contribution in [3.63, 3.8) is 0 Å². The smallest absolute Gasteiger partial charge is 0.388 e. The molecule has 14 heavy (non-hydrogen) atoms. The van der Waals surface area contributed by atoms with Crippen molar-refractivity contribution in [2.45, 2.75) is 11.5 Å². The quantitative estimate of drug-likeness (QED) is 0.757. The van der Waals surface area contributed by atoms with E-state index < -0.39 is 15.7 Å². The highest BCUT2D eigenvalue weighted by atomic mass is 35.7. The van der Waals surface area contributed by atoms with Crippen LogP contribution in [0.4, 0.5) is 8.78 Å². The molecule has 4 nitrogen and oxygen atoms in total. The molecule has 78 valence electrons. The summed E-state index contributed by atoms with van der Waals surface area (Å²) in [4.78, 5) is 3.04. The maximum Gasteiger partial charge on any atom is 0.388 e. The van der Waals surface area contributed by atoms with Gasteiger partial charge in [0, 0.05) is 16.7 Å². The van der Waals surface area contributed by atoms with Gasteiger partial charge < -0.3 is 4.74 Å². The average molecular weight is 244 g/mol. The number of aromatic nitrogens is 1. The second kappa shape index (κ2) is 4.05. The van der Waals surface area contributed by atoms with Gasteiger partial charge in [-0.3, -0.25) is 0 Å².